The predicted molar refractivity (Wildman–Crippen MR) is 137 cm³/mol. The quantitative estimate of drug-likeness (QED) is 0.181. The fraction of sp³-hybridized carbons (Fsp3) is 0.650. The molecule has 1 aliphatic heterocycles. The van der Waals surface area contributed by atoms with E-state index < -0.39 is 15.5 Å². The number of hydrogen-bond acceptors (Lipinski definition) is 4. The van der Waals surface area contributed by atoms with E-state index in [0.29, 0.717) is 17.3 Å². The van der Waals surface area contributed by atoms with Gasteiger partial charge >= 0.3 is 6.09 Å². The van der Waals surface area contributed by atoms with Crippen molar-refractivity contribution in [1.29, 1.82) is 0 Å². The molecular weight excluding hydrogens is 636 g/mol. The first kappa shape index (κ1) is 25.5. The molecule has 2 rings (SSSR count). The molecule has 0 aromatic heterocycles. The second kappa shape index (κ2) is 8.99. The lowest BCUT2D eigenvalue weighted by Crippen LogP contribution is -2.60. The van der Waals surface area contributed by atoms with E-state index in [1.165, 1.54) is 0 Å². The molecule has 0 N–H and O–H groups in total. The fourth-order valence-electron chi connectivity index (χ4n) is 2.57. The zero-order valence-corrected chi connectivity index (χ0v) is 24.1. The molecule has 1 aliphatic rings. The predicted octanol–water partition coefficient (Wildman–Crippen LogP) is 6.86. The summed E-state index contributed by atoms with van der Waals surface area (Å²) in [5.74, 6) is 0.657. The lowest BCUT2D eigenvalue weighted by Gasteiger charge is -2.49. The third kappa shape index (κ3) is 5.92. The van der Waals surface area contributed by atoms with Gasteiger partial charge in [0.1, 0.15) is 12.4 Å². The molecule has 164 valence electrons. The molecule has 1 unspecified atom stereocenters. The van der Waals surface area contributed by atoms with Crippen molar-refractivity contribution in [1.82, 2.24) is 4.90 Å². The molecule has 9 heteroatoms. The van der Waals surface area contributed by atoms with Gasteiger partial charge in [0.05, 0.1) is 12.1 Å². The van der Waals surface area contributed by atoms with Crippen LogP contribution in [0.1, 0.15) is 34.6 Å². The highest BCUT2D eigenvalue weighted by Gasteiger charge is 2.55. The number of rotatable bonds is 7. The van der Waals surface area contributed by atoms with Gasteiger partial charge in [0.15, 0.2) is 16.0 Å². The van der Waals surface area contributed by atoms with Crippen LogP contribution in [-0.4, -0.2) is 45.7 Å². The van der Waals surface area contributed by atoms with Crippen molar-refractivity contribution in [2.45, 2.75) is 66.0 Å². The summed E-state index contributed by atoms with van der Waals surface area (Å²) in [5, 5.41) is 0.680. The summed E-state index contributed by atoms with van der Waals surface area (Å²) in [6, 6.07) is 7.19. The first-order valence-electron chi connectivity index (χ1n) is 9.51. The summed E-state index contributed by atoms with van der Waals surface area (Å²) >= 11 is 10.7. The molecule has 1 heterocycles. The minimum Gasteiger partial charge on any atom is -0.490 e. The molecule has 0 radical (unpaired) electrons. The molecule has 1 fully saturated rings. The lowest BCUT2D eigenvalue weighted by molar-refractivity contribution is 0.0703. The van der Waals surface area contributed by atoms with E-state index in [1.54, 1.807) is 17.0 Å². The van der Waals surface area contributed by atoms with Crippen molar-refractivity contribution in [3.05, 3.63) is 29.3 Å². The fourth-order valence-corrected chi connectivity index (χ4v) is 7.83. The molecule has 0 bridgehead atoms. The third-order valence-corrected chi connectivity index (χ3v) is 14.3. The Bertz CT molecular complexity index is 752. The van der Waals surface area contributed by atoms with Crippen LogP contribution in [0.15, 0.2) is 24.3 Å². The van der Waals surface area contributed by atoms with E-state index in [2.05, 4.69) is 79.0 Å². The van der Waals surface area contributed by atoms with Crippen LogP contribution in [0, 0.1) is 0 Å². The van der Waals surface area contributed by atoms with Gasteiger partial charge in [-0.2, -0.15) is 0 Å². The number of benzene rings is 1. The largest absolute Gasteiger partial charge is 0.490 e. The summed E-state index contributed by atoms with van der Waals surface area (Å²) in [6.07, 6.45) is -0.691. The maximum absolute atomic E-state index is 12.7. The standard InChI is InChI=1S/C20H30ClI2NO4Si/c1-18(2,3)29(6,7)28-20(22,23)19(4,5)24-12-16(27-17(24)25)13-26-15-10-8-9-14(21)11-15/h8-11,16H,12-13H2,1-7H3. The number of amides is 1. The second-order valence-corrected chi connectivity index (χ2v) is 19.6. The number of carbonyl (C=O) groups excluding carboxylic acids is 1. The monoisotopic (exact) mass is 665 g/mol. The van der Waals surface area contributed by atoms with Crippen LogP contribution in [-0.2, 0) is 9.16 Å². The molecule has 1 amide bonds. The average Bonchev–Trinajstić information content (AvgIpc) is 2.92. The van der Waals surface area contributed by atoms with Crippen LogP contribution in [0.5, 0.6) is 5.75 Å². The van der Waals surface area contributed by atoms with Crippen LogP contribution < -0.4 is 4.74 Å². The molecular formula is C20H30ClI2NO4Si. The maximum Gasteiger partial charge on any atom is 0.410 e. The normalized spacial score (nSPS) is 18.8. The first-order valence-corrected chi connectivity index (χ1v) is 15.0. The minimum atomic E-state index is -2.04. The van der Waals surface area contributed by atoms with Gasteiger partial charge in [-0.25, -0.2) is 4.79 Å². The number of ether oxygens (including phenoxy) is 2. The average molecular weight is 666 g/mol. The van der Waals surface area contributed by atoms with Gasteiger partial charge in [0.25, 0.3) is 0 Å². The van der Waals surface area contributed by atoms with Crippen LogP contribution >= 0.6 is 56.8 Å². The SMILES string of the molecule is CC(C)(N1CC(COc2cccc(Cl)c2)OC1=O)C(I)(I)O[Si](C)(C)C(C)(C)C. The highest BCUT2D eigenvalue weighted by atomic mass is 127. The molecule has 1 atom stereocenters. The van der Waals surface area contributed by atoms with Gasteiger partial charge in [-0.15, -0.1) is 0 Å². The Morgan fingerprint density at radius 1 is 1.24 bits per heavy atom. The Labute approximate surface area is 207 Å². The molecule has 1 saturated heterocycles. The molecule has 1 aromatic rings. The molecule has 0 spiro atoms. The number of hydrogen-bond donors (Lipinski definition) is 0. The zero-order chi connectivity index (χ0) is 22.3. The van der Waals surface area contributed by atoms with Crippen molar-refractivity contribution < 1.29 is 18.7 Å². The van der Waals surface area contributed by atoms with Crippen molar-refractivity contribution >= 4 is 71.2 Å². The number of carbonyl (C=O) groups is 1. The van der Waals surface area contributed by atoms with Crippen LogP contribution in [0.2, 0.25) is 23.2 Å². The maximum atomic E-state index is 12.7. The molecule has 1 aromatic carbocycles. The van der Waals surface area contributed by atoms with Crippen LogP contribution in [0.25, 0.3) is 0 Å². The number of cyclic esters (lactones) is 1. The van der Waals surface area contributed by atoms with E-state index in [-0.39, 0.29) is 23.8 Å². The van der Waals surface area contributed by atoms with E-state index >= 15 is 0 Å². The number of nitrogens with zero attached hydrogens (tertiary/aromatic N) is 1. The van der Waals surface area contributed by atoms with Gasteiger partial charge in [0, 0.05) is 5.02 Å². The smallest absolute Gasteiger partial charge is 0.410 e. The Balaban J connectivity index is 2.08. The second-order valence-electron chi connectivity index (χ2n) is 9.32. The highest BCUT2D eigenvalue weighted by Crippen LogP contribution is 2.50. The van der Waals surface area contributed by atoms with E-state index in [4.69, 9.17) is 25.5 Å². The molecule has 29 heavy (non-hydrogen) atoms. The Hall–Kier alpha value is 0.217. The third-order valence-electron chi connectivity index (χ3n) is 5.68. The minimum absolute atomic E-state index is 0.0729. The number of alkyl halides is 2. The number of halogens is 3. The summed E-state index contributed by atoms with van der Waals surface area (Å²) in [4.78, 5) is 14.4. The zero-order valence-electron chi connectivity index (χ0n) is 18.0. The Morgan fingerprint density at radius 3 is 2.41 bits per heavy atom. The summed E-state index contributed by atoms with van der Waals surface area (Å²) < 4.78 is 17.5. The van der Waals surface area contributed by atoms with Crippen molar-refractivity contribution in [2.75, 3.05) is 13.2 Å². The summed E-state index contributed by atoms with van der Waals surface area (Å²) in [7, 11) is -2.04. The highest BCUT2D eigenvalue weighted by molar-refractivity contribution is 14.2. The Kier molecular flexibility index (Phi) is 7.90. The molecule has 0 aliphatic carbocycles. The van der Waals surface area contributed by atoms with Crippen LogP contribution in [0.3, 0.4) is 0 Å². The van der Waals surface area contributed by atoms with Gasteiger partial charge in [0.2, 0.25) is 0 Å². The lowest BCUT2D eigenvalue weighted by atomic mass is 10.0. The van der Waals surface area contributed by atoms with E-state index in [9.17, 15) is 4.79 Å². The topological polar surface area (TPSA) is 48.0 Å². The molecule has 0 saturated carbocycles. The van der Waals surface area contributed by atoms with Gasteiger partial charge < -0.3 is 13.9 Å². The van der Waals surface area contributed by atoms with Crippen molar-refractivity contribution in [3.63, 3.8) is 0 Å². The van der Waals surface area contributed by atoms with Gasteiger partial charge in [-0.3, -0.25) is 4.90 Å². The summed E-state index contributed by atoms with van der Waals surface area (Å²) in [6.45, 7) is 15.9. The van der Waals surface area contributed by atoms with Crippen molar-refractivity contribution in [2.24, 2.45) is 0 Å². The van der Waals surface area contributed by atoms with E-state index in [0.717, 1.165) is 0 Å². The van der Waals surface area contributed by atoms with E-state index in [1.807, 2.05) is 26.0 Å². The molecule has 5 nitrogen and oxygen atoms in total. The van der Waals surface area contributed by atoms with Gasteiger partial charge in [-0.1, -0.05) is 38.4 Å². The van der Waals surface area contributed by atoms with Crippen LogP contribution in [0.4, 0.5) is 4.79 Å². The van der Waals surface area contributed by atoms with Gasteiger partial charge in [-0.05, 0) is 95.4 Å². The van der Waals surface area contributed by atoms with Crippen molar-refractivity contribution in [3.8, 4) is 5.75 Å². The first-order chi connectivity index (χ1) is 13.1. The summed E-state index contributed by atoms with van der Waals surface area (Å²) in [5.41, 5.74) is -0.578. The Morgan fingerprint density at radius 2 is 1.86 bits per heavy atom.